The third kappa shape index (κ3) is 4.12. The van der Waals surface area contributed by atoms with Crippen molar-refractivity contribution in [3.05, 3.63) is 22.6 Å². The minimum absolute atomic E-state index is 0.280. The first-order valence-electron chi connectivity index (χ1n) is 7.83. The number of methoxy groups -OCH3 is 1. The SMILES string of the molecule is COc1nc(N2CCC(CNNS(=O)[O-])CC2)cc2cn[nH]c(=O)c12. The van der Waals surface area contributed by atoms with Crippen LogP contribution in [0.25, 0.3) is 10.8 Å². The summed E-state index contributed by atoms with van der Waals surface area (Å²) in [5.41, 5.74) is 2.36. The second kappa shape index (κ2) is 7.87. The van der Waals surface area contributed by atoms with Gasteiger partial charge in [0, 0.05) is 36.3 Å². The highest BCUT2D eigenvalue weighted by Crippen LogP contribution is 2.27. The molecule has 25 heavy (non-hydrogen) atoms. The van der Waals surface area contributed by atoms with Crippen LogP contribution in [0.3, 0.4) is 0 Å². The molecule has 2 aromatic rings. The third-order valence-electron chi connectivity index (χ3n) is 4.28. The molecule has 1 unspecified atom stereocenters. The fraction of sp³-hybridized carbons (Fsp3) is 0.500. The number of piperidine rings is 1. The van der Waals surface area contributed by atoms with Crippen molar-refractivity contribution in [2.24, 2.45) is 5.92 Å². The zero-order chi connectivity index (χ0) is 17.8. The summed E-state index contributed by atoms with van der Waals surface area (Å²) in [4.78, 5) is 20.7. The van der Waals surface area contributed by atoms with E-state index in [9.17, 15) is 13.6 Å². The number of fused-ring (bicyclic) bond motifs is 1. The zero-order valence-corrected chi connectivity index (χ0v) is 14.5. The molecule has 136 valence electrons. The highest BCUT2D eigenvalue weighted by molar-refractivity contribution is 7.76. The van der Waals surface area contributed by atoms with Crippen molar-refractivity contribution in [1.29, 1.82) is 0 Å². The minimum Gasteiger partial charge on any atom is -0.759 e. The van der Waals surface area contributed by atoms with E-state index in [1.54, 1.807) is 6.20 Å². The number of rotatable bonds is 6. The number of hydrogen-bond donors (Lipinski definition) is 3. The van der Waals surface area contributed by atoms with Crippen LogP contribution in [0.15, 0.2) is 17.1 Å². The van der Waals surface area contributed by atoms with Crippen LogP contribution >= 0.6 is 0 Å². The Morgan fingerprint density at radius 3 is 2.92 bits per heavy atom. The average Bonchev–Trinajstić information content (AvgIpc) is 2.61. The first kappa shape index (κ1) is 17.7. The second-order valence-electron chi connectivity index (χ2n) is 5.80. The summed E-state index contributed by atoms with van der Waals surface area (Å²) in [7, 11) is 1.48. The smallest absolute Gasteiger partial charge is 0.277 e. The maximum Gasteiger partial charge on any atom is 0.277 e. The molecule has 3 rings (SSSR count). The van der Waals surface area contributed by atoms with E-state index in [-0.39, 0.29) is 11.4 Å². The highest BCUT2D eigenvalue weighted by atomic mass is 32.2. The van der Waals surface area contributed by atoms with E-state index >= 15 is 0 Å². The van der Waals surface area contributed by atoms with E-state index in [2.05, 4.69) is 30.3 Å². The second-order valence-corrected chi connectivity index (χ2v) is 6.47. The van der Waals surface area contributed by atoms with Gasteiger partial charge in [0.05, 0.1) is 13.3 Å². The normalized spacial score (nSPS) is 17.0. The lowest BCUT2D eigenvalue weighted by molar-refractivity contribution is 0.371. The van der Waals surface area contributed by atoms with Gasteiger partial charge in [0.1, 0.15) is 11.2 Å². The van der Waals surface area contributed by atoms with Crippen molar-refractivity contribution in [1.82, 2.24) is 25.4 Å². The van der Waals surface area contributed by atoms with Crippen LogP contribution in [0.4, 0.5) is 5.82 Å². The van der Waals surface area contributed by atoms with Crippen molar-refractivity contribution in [3.63, 3.8) is 0 Å². The molecule has 0 amide bonds. The summed E-state index contributed by atoms with van der Waals surface area (Å²) in [5.74, 6) is 1.39. The lowest BCUT2D eigenvalue weighted by atomic mass is 9.97. The number of ether oxygens (including phenoxy) is 1. The number of anilines is 1. The Hall–Kier alpha value is -2.08. The molecule has 0 saturated carbocycles. The molecule has 0 radical (unpaired) electrons. The molecular weight excluding hydrogens is 348 g/mol. The van der Waals surface area contributed by atoms with E-state index < -0.39 is 11.3 Å². The maximum atomic E-state index is 11.9. The van der Waals surface area contributed by atoms with E-state index in [1.165, 1.54) is 7.11 Å². The van der Waals surface area contributed by atoms with Gasteiger partial charge in [0.2, 0.25) is 5.88 Å². The van der Waals surface area contributed by atoms with Crippen LogP contribution in [0.2, 0.25) is 0 Å². The third-order valence-corrected chi connectivity index (χ3v) is 4.59. The maximum absolute atomic E-state index is 11.9. The lowest BCUT2D eigenvalue weighted by Gasteiger charge is -2.33. The highest BCUT2D eigenvalue weighted by Gasteiger charge is 2.21. The summed E-state index contributed by atoms with van der Waals surface area (Å²) in [5, 5.41) is 7.28. The van der Waals surface area contributed by atoms with Gasteiger partial charge in [-0.3, -0.25) is 9.00 Å². The number of hydrogen-bond acceptors (Lipinski definition) is 8. The monoisotopic (exact) mass is 367 g/mol. The summed E-state index contributed by atoms with van der Waals surface area (Å²) in [6.45, 7) is 2.14. The molecule has 0 bridgehead atoms. The summed E-state index contributed by atoms with van der Waals surface area (Å²) < 4.78 is 26.2. The molecule has 2 aromatic heterocycles. The van der Waals surface area contributed by atoms with Gasteiger partial charge >= 0.3 is 0 Å². The molecule has 3 heterocycles. The van der Waals surface area contributed by atoms with Gasteiger partial charge in [-0.25, -0.2) is 10.5 Å². The van der Waals surface area contributed by atoms with Crippen molar-refractivity contribution in [3.8, 4) is 5.88 Å². The lowest BCUT2D eigenvalue weighted by Crippen LogP contribution is -2.41. The summed E-state index contributed by atoms with van der Waals surface area (Å²) >= 11 is -2.31. The van der Waals surface area contributed by atoms with Gasteiger partial charge in [0.15, 0.2) is 0 Å². The molecule has 0 aromatic carbocycles. The molecule has 1 aliphatic heterocycles. The number of pyridine rings is 1. The first-order chi connectivity index (χ1) is 12.1. The Balaban J connectivity index is 1.71. The molecule has 1 fully saturated rings. The van der Waals surface area contributed by atoms with E-state index in [0.717, 1.165) is 31.7 Å². The Labute approximate surface area is 146 Å². The molecule has 1 atom stereocenters. The van der Waals surface area contributed by atoms with Gasteiger partial charge in [-0.1, -0.05) is 0 Å². The van der Waals surface area contributed by atoms with Gasteiger partial charge < -0.3 is 14.2 Å². The molecular formula is C14H19N6O4S-. The van der Waals surface area contributed by atoms with E-state index in [0.29, 0.717) is 23.2 Å². The summed E-state index contributed by atoms with van der Waals surface area (Å²) in [6, 6.07) is 1.83. The molecule has 1 saturated heterocycles. The molecule has 3 N–H and O–H groups in total. The van der Waals surface area contributed by atoms with Crippen molar-refractivity contribution < 1.29 is 13.5 Å². The summed E-state index contributed by atoms with van der Waals surface area (Å²) in [6.07, 6.45) is 3.38. The average molecular weight is 367 g/mol. The van der Waals surface area contributed by atoms with Crippen LogP contribution < -0.4 is 25.5 Å². The zero-order valence-electron chi connectivity index (χ0n) is 13.7. The number of aromatic nitrogens is 3. The standard InChI is InChI=1S/C14H20N6O4S/c1-24-14-12-10(8-15-18-13(12)21)6-11(17-14)20-4-2-9(3-5-20)7-16-19-25(22)23/h6,8-9,16,19H,2-5,7H2,1H3,(H,18,21)(H,22,23)/p-1. The Bertz CT molecular complexity index is 821. The van der Waals surface area contributed by atoms with Crippen LogP contribution in [0.1, 0.15) is 12.8 Å². The molecule has 1 aliphatic rings. The van der Waals surface area contributed by atoms with E-state index in [4.69, 9.17) is 4.74 Å². The molecule has 0 spiro atoms. The number of aromatic amines is 1. The van der Waals surface area contributed by atoms with E-state index in [1.807, 2.05) is 6.07 Å². The molecule has 11 heteroatoms. The number of nitrogens with zero attached hydrogens (tertiary/aromatic N) is 3. The number of H-pyrrole nitrogens is 1. The minimum atomic E-state index is -2.31. The van der Waals surface area contributed by atoms with Crippen LogP contribution in [-0.2, 0) is 11.3 Å². The Morgan fingerprint density at radius 1 is 1.48 bits per heavy atom. The quantitative estimate of drug-likeness (QED) is 0.456. The largest absolute Gasteiger partial charge is 0.759 e. The predicted molar refractivity (Wildman–Crippen MR) is 91.7 cm³/mol. The van der Waals surface area contributed by atoms with Crippen molar-refractivity contribution >= 4 is 27.9 Å². The van der Waals surface area contributed by atoms with Gasteiger partial charge in [0.25, 0.3) is 5.56 Å². The van der Waals surface area contributed by atoms with Gasteiger partial charge in [-0.2, -0.15) is 14.9 Å². The van der Waals surface area contributed by atoms with Gasteiger partial charge in [-0.15, -0.1) is 0 Å². The number of hydrazine groups is 1. The predicted octanol–water partition coefficient (Wildman–Crippen LogP) is -0.569. The Morgan fingerprint density at radius 2 is 2.24 bits per heavy atom. The fourth-order valence-electron chi connectivity index (χ4n) is 2.99. The van der Waals surface area contributed by atoms with Crippen LogP contribution in [0.5, 0.6) is 5.88 Å². The molecule has 10 nitrogen and oxygen atoms in total. The van der Waals surface area contributed by atoms with Crippen LogP contribution in [0, 0.1) is 5.92 Å². The number of nitrogens with one attached hydrogen (secondary N) is 3. The fourth-order valence-corrected chi connectivity index (χ4v) is 3.20. The van der Waals surface area contributed by atoms with Crippen LogP contribution in [-0.4, -0.2) is 50.7 Å². The molecule has 0 aliphatic carbocycles. The first-order valence-corrected chi connectivity index (χ1v) is 8.91. The van der Waals surface area contributed by atoms with Gasteiger partial charge in [-0.05, 0) is 24.8 Å². The topological polar surface area (TPSA) is 135 Å². The van der Waals surface area contributed by atoms with Crippen molar-refractivity contribution in [2.75, 3.05) is 31.6 Å². The Kier molecular flexibility index (Phi) is 5.58. The van der Waals surface area contributed by atoms with Crippen molar-refractivity contribution in [2.45, 2.75) is 12.8 Å².